The van der Waals surface area contributed by atoms with Gasteiger partial charge in [0.15, 0.2) is 0 Å². The summed E-state index contributed by atoms with van der Waals surface area (Å²) in [6, 6.07) is 5.47. The molecule has 1 heterocycles. The van der Waals surface area contributed by atoms with Gasteiger partial charge in [-0.25, -0.2) is 4.39 Å². The number of thiocarbonyl (C=S) groups is 1. The van der Waals surface area contributed by atoms with Gasteiger partial charge in [-0.05, 0) is 24.3 Å². The van der Waals surface area contributed by atoms with Crippen LogP contribution in [-0.2, 0) is 0 Å². The van der Waals surface area contributed by atoms with Crippen molar-refractivity contribution < 1.29 is 9.18 Å². The predicted octanol–water partition coefficient (Wildman–Crippen LogP) is 4.08. The lowest BCUT2D eigenvalue weighted by atomic mass is 10.2. The number of rotatable bonds is 3. The standard InChI is InChI=1S/C12H7Cl2FN2OS2/c13-9-4-6(10(14)20-9)12(18)17-8-2-1-5(11(16)19)3-7(8)15/h1-4H,(H2,16,19)(H,17,18). The number of nitrogens with one attached hydrogen (secondary N) is 1. The molecule has 2 rings (SSSR count). The maximum atomic E-state index is 13.8. The quantitative estimate of drug-likeness (QED) is 0.821. The van der Waals surface area contributed by atoms with E-state index >= 15 is 0 Å². The molecular weight excluding hydrogens is 342 g/mol. The van der Waals surface area contributed by atoms with Crippen molar-refractivity contribution in [2.45, 2.75) is 0 Å². The van der Waals surface area contributed by atoms with E-state index in [9.17, 15) is 9.18 Å². The minimum absolute atomic E-state index is 0.00777. The first kappa shape index (κ1) is 15.2. The van der Waals surface area contributed by atoms with Gasteiger partial charge in [-0.3, -0.25) is 4.79 Å². The Balaban J connectivity index is 2.24. The van der Waals surface area contributed by atoms with Crippen LogP contribution in [0.25, 0.3) is 0 Å². The second-order valence-electron chi connectivity index (χ2n) is 3.75. The number of carbonyl (C=O) groups is 1. The van der Waals surface area contributed by atoms with Crippen LogP contribution in [-0.4, -0.2) is 10.9 Å². The third-order valence-electron chi connectivity index (χ3n) is 2.40. The monoisotopic (exact) mass is 348 g/mol. The molecule has 20 heavy (non-hydrogen) atoms. The van der Waals surface area contributed by atoms with Gasteiger partial charge in [0.2, 0.25) is 0 Å². The Morgan fingerprint density at radius 2 is 2.05 bits per heavy atom. The fourth-order valence-electron chi connectivity index (χ4n) is 1.45. The van der Waals surface area contributed by atoms with E-state index in [0.717, 1.165) is 17.4 Å². The average molecular weight is 349 g/mol. The number of hydrogen-bond donors (Lipinski definition) is 2. The number of halogens is 3. The first-order valence-corrected chi connectivity index (χ1v) is 7.22. The van der Waals surface area contributed by atoms with Gasteiger partial charge in [0.25, 0.3) is 5.91 Å². The molecule has 0 saturated heterocycles. The summed E-state index contributed by atoms with van der Waals surface area (Å²) in [4.78, 5) is 12.0. The van der Waals surface area contributed by atoms with Gasteiger partial charge in [-0.15, -0.1) is 11.3 Å². The Hall–Kier alpha value is -1.21. The van der Waals surface area contributed by atoms with E-state index in [-0.39, 0.29) is 20.6 Å². The van der Waals surface area contributed by atoms with Gasteiger partial charge in [-0.1, -0.05) is 35.4 Å². The van der Waals surface area contributed by atoms with E-state index in [2.05, 4.69) is 5.32 Å². The van der Waals surface area contributed by atoms with Crippen molar-refractivity contribution in [2.75, 3.05) is 5.32 Å². The molecule has 0 fully saturated rings. The Labute approximate surface area is 133 Å². The zero-order chi connectivity index (χ0) is 14.9. The molecule has 0 atom stereocenters. The largest absolute Gasteiger partial charge is 0.389 e. The molecule has 104 valence electrons. The number of hydrogen-bond acceptors (Lipinski definition) is 3. The van der Waals surface area contributed by atoms with Crippen LogP contribution in [0.1, 0.15) is 15.9 Å². The topological polar surface area (TPSA) is 55.1 Å². The summed E-state index contributed by atoms with van der Waals surface area (Å²) in [5.74, 6) is -1.18. The Bertz CT molecular complexity index is 703. The van der Waals surface area contributed by atoms with Crippen LogP contribution in [0.4, 0.5) is 10.1 Å². The molecule has 3 N–H and O–H groups in total. The molecule has 2 aromatic rings. The lowest BCUT2D eigenvalue weighted by molar-refractivity contribution is 0.102. The molecule has 3 nitrogen and oxygen atoms in total. The lowest BCUT2D eigenvalue weighted by Gasteiger charge is -2.07. The summed E-state index contributed by atoms with van der Waals surface area (Å²) in [6.45, 7) is 0. The maximum Gasteiger partial charge on any atom is 0.258 e. The van der Waals surface area contributed by atoms with Crippen molar-refractivity contribution >= 4 is 63.3 Å². The van der Waals surface area contributed by atoms with E-state index < -0.39 is 11.7 Å². The third kappa shape index (κ3) is 3.27. The molecule has 0 unspecified atom stereocenters. The van der Waals surface area contributed by atoms with Crippen molar-refractivity contribution in [3.05, 3.63) is 49.9 Å². The summed E-state index contributed by atoms with van der Waals surface area (Å²) in [7, 11) is 0. The second kappa shape index (κ2) is 6.05. The predicted molar refractivity (Wildman–Crippen MR) is 84.6 cm³/mol. The minimum Gasteiger partial charge on any atom is -0.389 e. The number of amides is 1. The van der Waals surface area contributed by atoms with Crippen molar-refractivity contribution in [1.29, 1.82) is 0 Å². The van der Waals surface area contributed by atoms with Gasteiger partial charge < -0.3 is 11.1 Å². The van der Waals surface area contributed by atoms with Crippen LogP contribution in [0.3, 0.4) is 0 Å². The summed E-state index contributed by atoms with van der Waals surface area (Å²) in [5.41, 5.74) is 5.98. The summed E-state index contributed by atoms with van der Waals surface area (Å²) in [6.07, 6.45) is 0. The molecule has 0 saturated carbocycles. The molecular formula is C12H7Cl2FN2OS2. The van der Waals surface area contributed by atoms with Gasteiger partial charge >= 0.3 is 0 Å². The molecule has 8 heteroatoms. The van der Waals surface area contributed by atoms with Crippen LogP contribution in [0.15, 0.2) is 24.3 Å². The van der Waals surface area contributed by atoms with Crippen LogP contribution >= 0.6 is 46.8 Å². The van der Waals surface area contributed by atoms with Gasteiger partial charge in [0, 0.05) is 5.56 Å². The summed E-state index contributed by atoms with van der Waals surface area (Å²) >= 11 is 17.4. The van der Waals surface area contributed by atoms with Crippen molar-refractivity contribution in [3.8, 4) is 0 Å². The van der Waals surface area contributed by atoms with Crippen LogP contribution in [0.5, 0.6) is 0 Å². The van der Waals surface area contributed by atoms with Gasteiger partial charge in [-0.2, -0.15) is 0 Å². The van der Waals surface area contributed by atoms with Crippen molar-refractivity contribution in [1.82, 2.24) is 0 Å². The molecule has 1 amide bonds. The molecule has 0 aliphatic rings. The van der Waals surface area contributed by atoms with Crippen LogP contribution in [0, 0.1) is 5.82 Å². The molecule has 0 radical (unpaired) electrons. The minimum atomic E-state index is -0.638. The highest BCUT2D eigenvalue weighted by molar-refractivity contribution is 7.80. The SMILES string of the molecule is NC(=S)c1ccc(NC(=O)c2cc(Cl)sc2Cl)c(F)c1. The highest BCUT2D eigenvalue weighted by Gasteiger charge is 2.16. The fourth-order valence-corrected chi connectivity index (χ4v) is 3.04. The molecule has 0 aliphatic carbocycles. The fraction of sp³-hybridized carbons (Fsp3) is 0. The number of carbonyl (C=O) groups excluding carboxylic acids is 1. The second-order valence-corrected chi connectivity index (χ2v) is 6.48. The molecule has 0 spiro atoms. The molecule has 0 aliphatic heterocycles. The van der Waals surface area contributed by atoms with Crippen LogP contribution in [0.2, 0.25) is 8.67 Å². The first-order chi connectivity index (χ1) is 9.38. The van der Waals surface area contributed by atoms with Crippen molar-refractivity contribution in [2.24, 2.45) is 5.73 Å². The van der Waals surface area contributed by atoms with Gasteiger partial charge in [0.1, 0.15) is 15.1 Å². The first-order valence-electron chi connectivity index (χ1n) is 5.24. The molecule has 0 bridgehead atoms. The summed E-state index contributed by atoms with van der Waals surface area (Å²) < 4.78 is 14.4. The third-order valence-corrected chi connectivity index (χ3v) is 4.13. The van der Waals surface area contributed by atoms with Crippen LogP contribution < -0.4 is 11.1 Å². The van der Waals surface area contributed by atoms with Crippen molar-refractivity contribution in [3.63, 3.8) is 0 Å². The van der Waals surface area contributed by atoms with E-state index in [1.165, 1.54) is 18.2 Å². The van der Waals surface area contributed by atoms with Gasteiger partial charge in [0.05, 0.1) is 15.6 Å². The number of anilines is 1. The lowest BCUT2D eigenvalue weighted by Crippen LogP contribution is -2.14. The average Bonchev–Trinajstić information content (AvgIpc) is 2.70. The smallest absolute Gasteiger partial charge is 0.258 e. The normalized spacial score (nSPS) is 10.3. The summed E-state index contributed by atoms with van der Waals surface area (Å²) in [5, 5.41) is 2.41. The Morgan fingerprint density at radius 1 is 1.35 bits per heavy atom. The Morgan fingerprint density at radius 3 is 2.55 bits per heavy atom. The zero-order valence-electron chi connectivity index (χ0n) is 9.75. The Kier molecular flexibility index (Phi) is 4.59. The zero-order valence-corrected chi connectivity index (χ0v) is 12.9. The number of nitrogens with two attached hydrogens (primary N) is 1. The number of benzene rings is 1. The molecule has 1 aromatic carbocycles. The van der Waals surface area contributed by atoms with E-state index in [1.54, 1.807) is 0 Å². The maximum absolute atomic E-state index is 13.8. The number of thiophene rings is 1. The highest BCUT2D eigenvalue weighted by atomic mass is 35.5. The highest BCUT2D eigenvalue weighted by Crippen LogP contribution is 2.31. The van der Waals surface area contributed by atoms with E-state index in [0.29, 0.717) is 9.90 Å². The molecule has 1 aromatic heterocycles. The van der Waals surface area contributed by atoms with E-state index in [4.69, 9.17) is 41.2 Å². The van der Waals surface area contributed by atoms with E-state index in [1.807, 2.05) is 0 Å².